The summed E-state index contributed by atoms with van der Waals surface area (Å²) in [7, 11) is 2.90. The fourth-order valence-electron chi connectivity index (χ4n) is 1.53. The molecule has 1 aromatic carbocycles. The summed E-state index contributed by atoms with van der Waals surface area (Å²) in [4.78, 5) is 35.1. The molecule has 0 heterocycles. The first-order valence-electron chi connectivity index (χ1n) is 6.27. The van der Waals surface area contributed by atoms with Crippen molar-refractivity contribution in [2.75, 3.05) is 27.3 Å². The summed E-state index contributed by atoms with van der Waals surface area (Å²) in [6.07, 6.45) is 0.137. The van der Waals surface area contributed by atoms with Gasteiger partial charge in [0.2, 0.25) is 0 Å². The third kappa shape index (κ3) is 5.52. The van der Waals surface area contributed by atoms with Crippen LogP contribution in [0.5, 0.6) is 5.75 Å². The first-order valence-corrected chi connectivity index (χ1v) is 6.27. The lowest BCUT2D eigenvalue weighted by atomic mass is 10.2. The fourth-order valence-corrected chi connectivity index (χ4v) is 1.53. The van der Waals surface area contributed by atoms with Crippen molar-refractivity contribution < 1.29 is 23.9 Å². The smallest absolute Gasteiger partial charge is 0.307 e. The number of hydrogen-bond acceptors (Lipinski definition) is 5. The van der Waals surface area contributed by atoms with Crippen LogP contribution in [0.4, 0.5) is 0 Å². The summed E-state index contributed by atoms with van der Waals surface area (Å²) >= 11 is 0. The van der Waals surface area contributed by atoms with E-state index in [2.05, 4.69) is 4.74 Å². The van der Waals surface area contributed by atoms with Gasteiger partial charge in [0.15, 0.2) is 6.61 Å². The van der Waals surface area contributed by atoms with E-state index in [9.17, 15) is 14.4 Å². The van der Waals surface area contributed by atoms with Crippen LogP contribution in [0.2, 0.25) is 0 Å². The Morgan fingerprint density at radius 2 is 1.81 bits per heavy atom. The van der Waals surface area contributed by atoms with Crippen LogP contribution in [0.25, 0.3) is 0 Å². The Bertz CT molecular complexity index is 513. The van der Waals surface area contributed by atoms with Gasteiger partial charge in [0, 0.05) is 19.2 Å². The van der Waals surface area contributed by atoms with E-state index in [0.29, 0.717) is 11.3 Å². The zero-order valence-electron chi connectivity index (χ0n) is 12.0. The molecule has 0 aliphatic carbocycles. The molecule has 0 unspecified atom stereocenters. The molecule has 0 spiro atoms. The average Bonchev–Trinajstić information content (AvgIpc) is 2.49. The zero-order chi connectivity index (χ0) is 15.8. The molecule has 0 saturated heterocycles. The van der Waals surface area contributed by atoms with Gasteiger partial charge in [-0.1, -0.05) is 0 Å². The van der Waals surface area contributed by atoms with Gasteiger partial charge in [-0.25, -0.2) is 0 Å². The standard InChI is InChI=1S/C14H18N2O5/c1-16(8-7-13(18)20-2)14(19)10-3-5-11(6-4-10)21-9-12(15)17/h3-6H,7-9H2,1-2H3,(H2,15,17). The second-order valence-electron chi connectivity index (χ2n) is 4.33. The molecule has 1 aromatic rings. The van der Waals surface area contributed by atoms with Crippen LogP contribution in [-0.2, 0) is 14.3 Å². The molecular formula is C14H18N2O5. The molecule has 0 aliphatic rings. The molecule has 0 radical (unpaired) electrons. The Balaban J connectivity index is 2.57. The highest BCUT2D eigenvalue weighted by molar-refractivity contribution is 5.94. The lowest BCUT2D eigenvalue weighted by Gasteiger charge is -2.16. The van der Waals surface area contributed by atoms with Gasteiger partial charge in [-0.2, -0.15) is 0 Å². The molecule has 7 nitrogen and oxygen atoms in total. The molecule has 7 heteroatoms. The maximum Gasteiger partial charge on any atom is 0.307 e. The van der Waals surface area contributed by atoms with Gasteiger partial charge in [-0.15, -0.1) is 0 Å². The Hall–Kier alpha value is -2.57. The number of methoxy groups -OCH3 is 1. The van der Waals surface area contributed by atoms with Gasteiger partial charge in [0.1, 0.15) is 5.75 Å². The molecule has 0 fully saturated rings. The summed E-state index contributed by atoms with van der Waals surface area (Å²) in [5.41, 5.74) is 5.42. The predicted molar refractivity (Wildman–Crippen MR) is 74.7 cm³/mol. The van der Waals surface area contributed by atoms with Crippen molar-refractivity contribution in [3.05, 3.63) is 29.8 Å². The number of nitrogens with two attached hydrogens (primary N) is 1. The van der Waals surface area contributed by atoms with E-state index in [-0.39, 0.29) is 31.4 Å². The minimum Gasteiger partial charge on any atom is -0.484 e. The summed E-state index contributed by atoms with van der Waals surface area (Å²) in [5.74, 6) is -0.717. The maximum absolute atomic E-state index is 12.1. The van der Waals surface area contributed by atoms with Crippen LogP contribution in [0.3, 0.4) is 0 Å². The molecule has 1 rings (SSSR count). The van der Waals surface area contributed by atoms with E-state index in [1.807, 2.05) is 0 Å². The number of primary amides is 1. The van der Waals surface area contributed by atoms with Crippen LogP contribution >= 0.6 is 0 Å². The van der Waals surface area contributed by atoms with Gasteiger partial charge in [-0.05, 0) is 24.3 Å². The van der Waals surface area contributed by atoms with E-state index in [1.165, 1.54) is 12.0 Å². The van der Waals surface area contributed by atoms with Gasteiger partial charge in [0.25, 0.3) is 11.8 Å². The Morgan fingerprint density at radius 3 is 2.33 bits per heavy atom. The van der Waals surface area contributed by atoms with Crippen molar-refractivity contribution in [2.24, 2.45) is 5.73 Å². The third-order valence-electron chi connectivity index (χ3n) is 2.71. The van der Waals surface area contributed by atoms with Crippen molar-refractivity contribution in [1.29, 1.82) is 0 Å². The Kier molecular flexibility index (Phi) is 6.19. The van der Waals surface area contributed by atoms with Gasteiger partial charge >= 0.3 is 5.97 Å². The Labute approximate surface area is 122 Å². The lowest BCUT2D eigenvalue weighted by molar-refractivity contribution is -0.140. The number of hydrogen-bond donors (Lipinski definition) is 1. The molecule has 0 atom stereocenters. The van der Waals surface area contributed by atoms with Gasteiger partial charge in [0.05, 0.1) is 13.5 Å². The molecule has 0 bridgehead atoms. The number of esters is 1. The van der Waals surface area contributed by atoms with Crippen LogP contribution < -0.4 is 10.5 Å². The highest BCUT2D eigenvalue weighted by atomic mass is 16.5. The normalized spacial score (nSPS) is 9.81. The SMILES string of the molecule is COC(=O)CCN(C)C(=O)c1ccc(OCC(N)=O)cc1. The number of benzene rings is 1. The van der Waals surface area contributed by atoms with Crippen molar-refractivity contribution >= 4 is 17.8 Å². The van der Waals surface area contributed by atoms with E-state index in [4.69, 9.17) is 10.5 Å². The predicted octanol–water partition coefficient (Wildman–Crippen LogP) is 0.186. The summed E-state index contributed by atoms with van der Waals surface area (Å²) in [6.45, 7) is 0.0533. The van der Waals surface area contributed by atoms with Crippen molar-refractivity contribution in [1.82, 2.24) is 4.90 Å². The topological polar surface area (TPSA) is 98.9 Å². The first-order chi connectivity index (χ1) is 9.93. The second-order valence-corrected chi connectivity index (χ2v) is 4.33. The molecule has 0 aliphatic heterocycles. The molecule has 0 aromatic heterocycles. The monoisotopic (exact) mass is 294 g/mol. The van der Waals surface area contributed by atoms with E-state index in [0.717, 1.165) is 0 Å². The highest BCUT2D eigenvalue weighted by Crippen LogP contribution is 2.13. The zero-order valence-corrected chi connectivity index (χ0v) is 12.0. The van der Waals surface area contributed by atoms with Crippen LogP contribution in [-0.4, -0.2) is 50.0 Å². The van der Waals surface area contributed by atoms with Crippen molar-refractivity contribution in [2.45, 2.75) is 6.42 Å². The number of nitrogens with zero attached hydrogens (tertiary/aromatic N) is 1. The summed E-state index contributed by atoms with van der Waals surface area (Å²) < 4.78 is 9.61. The first kappa shape index (κ1) is 16.5. The molecule has 21 heavy (non-hydrogen) atoms. The summed E-state index contributed by atoms with van der Waals surface area (Å²) in [5, 5.41) is 0. The fraction of sp³-hybridized carbons (Fsp3) is 0.357. The number of rotatable bonds is 7. The minimum absolute atomic E-state index is 0.137. The van der Waals surface area contributed by atoms with Crippen LogP contribution in [0.1, 0.15) is 16.8 Å². The maximum atomic E-state index is 12.1. The van der Waals surface area contributed by atoms with Crippen LogP contribution in [0.15, 0.2) is 24.3 Å². The van der Waals surface area contributed by atoms with Crippen molar-refractivity contribution in [3.8, 4) is 5.75 Å². The van der Waals surface area contributed by atoms with E-state index in [1.54, 1.807) is 31.3 Å². The number of ether oxygens (including phenoxy) is 2. The molecular weight excluding hydrogens is 276 g/mol. The third-order valence-corrected chi connectivity index (χ3v) is 2.71. The minimum atomic E-state index is -0.572. The largest absolute Gasteiger partial charge is 0.484 e. The summed E-state index contributed by atoms with van der Waals surface area (Å²) in [6, 6.07) is 6.30. The number of amides is 2. The number of carbonyl (C=O) groups is 3. The highest BCUT2D eigenvalue weighted by Gasteiger charge is 2.13. The molecule has 2 amide bonds. The lowest BCUT2D eigenvalue weighted by Crippen LogP contribution is -2.29. The Morgan fingerprint density at radius 1 is 1.19 bits per heavy atom. The van der Waals surface area contributed by atoms with Crippen LogP contribution in [0, 0.1) is 0 Å². The van der Waals surface area contributed by atoms with Gasteiger partial charge < -0.3 is 20.1 Å². The van der Waals surface area contributed by atoms with Crippen molar-refractivity contribution in [3.63, 3.8) is 0 Å². The van der Waals surface area contributed by atoms with Gasteiger partial charge in [-0.3, -0.25) is 14.4 Å². The second kappa shape index (κ2) is 7.88. The quantitative estimate of drug-likeness (QED) is 0.723. The molecule has 114 valence electrons. The average molecular weight is 294 g/mol. The molecule has 0 saturated carbocycles. The number of carbonyl (C=O) groups excluding carboxylic acids is 3. The van der Waals surface area contributed by atoms with E-state index >= 15 is 0 Å². The van der Waals surface area contributed by atoms with E-state index < -0.39 is 5.91 Å². The molecule has 2 N–H and O–H groups in total.